The van der Waals surface area contributed by atoms with E-state index >= 15 is 0 Å². The first-order valence-electron chi connectivity index (χ1n) is 9.28. The summed E-state index contributed by atoms with van der Waals surface area (Å²) in [6, 6.07) is 0. The van der Waals surface area contributed by atoms with Crippen LogP contribution < -0.4 is 0 Å². The first-order valence-corrected chi connectivity index (χ1v) is 9.28. The molecule has 0 radical (unpaired) electrons. The Morgan fingerprint density at radius 3 is 2.39 bits per heavy atom. The number of carbonyl (C=O) groups is 2. The maximum absolute atomic E-state index is 12.0. The van der Waals surface area contributed by atoms with E-state index in [-0.39, 0.29) is 31.2 Å². The molecule has 0 unspecified atom stereocenters. The van der Waals surface area contributed by atoms with Crippen molar-refractivity contribution in [2.45, 2.75) is 70.7 Å². The number of hydrogen-bond acceptors (Lipinski definition) is 8. The Morgan fingerprint density at radius 1 is 1.11 bits per heavy atom. The van der Waals surface area contributed by atoms with Gasteiger partial charge in [0.1, 0.15) is 12.9 Å². The second-order valence-electron chi connectivity index (χ2n) is 6.98. The van der Waals surface area contributed by atoms with Crippen LogP contribution in [0.1, 0.15) is 40.5 Å². The molecule has 1 aliphatic rings. The average Bonchev–Trinajstić information content (AvgIpc) is 2.90. The highest BCUT2D eigenvalue weighted by molar-refractivity contribution is 5.82. The zero-order chi connectivity index (χ0) is 21.2. The molecule has 0 aromatic carbocycles. The van der Waals surface area contributed by atoms with Gasteiger partial charge in [-0.25, -0.2) is 9.59 Å². The Kier molecular flexibility index (Phi) is 10.4. The Balaban J connectivity index is 2.44. The molecule has 0 amide bonds. The molecule has 160 valence electrons. The van der Waals surface area contributed by atoms with Crippen molar-refractivity contribution in [1.29, 1.82) is 0 Å². The van der Waals surface area contributed by atoms with Gasteiger partial charge >= 0.3 is 11.9 Å². The maximum atomic E-state index is 12.0. The summed E-state index contributed by atoms with van der Waals surface area (Å²) in [6.45, 7) is 7.43. The summed E-state index contributed by atoms with van der Waals surface area (Å²) in [5.41, 5.74) is 0. The Morgan fingerprint density at radius 2 is 1.82 bits per heavy atom. The Bertz CT molecular complexity index is 554. The van der Waals surface area contributed by atoms with Crippen LogP contribution >= 0.6 is 0 Å². The highest BCUT2D eigenvalue weighted by Gasteiger charge is 2.37. The van der Waals surface area contributed by atoms with Gasteiger partial charge in [-0.2, -0.15) is 0 Å². The van der Waals surface area contributed by atoms with Crippen LogP contribution in [0.3, 0.4) is 0 Å². The molecule has 28 heavy (non-hydrogen) atoms. The fourth-order valence-electron chi connectivity index (χ4n) is 2.68. The van der Waals surface area contributed by atoms with Crippen molar-refractivity contribution in [3.05, 3.63) is 24.3 Å². The molecular weight excluding hydrogens is 368 g/mol. The number of esters is 2. The summed E-state index contributed by atoms with van der Waals surface area (Å²) < 4.78 is 31.6. The van der Waals surface area contributed by atoms with Crippen LogP contribution in [-0.4, -0.2) is 63.2 Å². The normalized spacial score (nSPS) is 23.8. The summed E-state index contributed by atoms with van der Waals surface area (Å²) in [5, 5.41) is 0. The van der Waals surface area contributed by atoms with Crippen LogP contribution in [0, 0.1) is 0 Å². The second-order valence-corrected chi connectivity index (χ2v) is 6.98. The van der Waals surface area contributed by atoms with Crippen molar-refractivity contribution in [1.82, 2.24) is 0 Å². The number of carbonyl (C=O) groups excluding carboxylic acids is 2. The molecule has 1 fully saturated rings. The van der Waals surface area contributed by atoms with E-state index in [1.807, 2.05) is 20.8 Å². The largest absolute Gasteiger partial charge is 0.466 e. The molecule has 0 N–H and O–H groups in total. The van der Waals surface area contributed by atoms with E-state index in [9.17, 15) is 9.59 Å². The molecule has 1 aliphatic heterocycles. The molecule has 0 saturated carbocycles. The third-order valence-electron chi connectivity index (χ3n) is 4.00. The van der Waals surface area contributed by atoms with Crippen LogP contribution in [0.25, 0.3) is 0 Å². The molecule has 1 rings (SSSR count). The van der Waals surface area contributed by atoms with Crippen LogP contribution in [0.15, 0.2) is 24.3 Å². The van der Waals surface area contributed by atoms with Crippen LogP contribution in [-0.2, 0) is 38.0 Å². The van der Waals surface area contributed by atoms with Gasteiger partial charge < -0.3 is 28.4 Å². The van der Waals surface area contributed by atoms with E-state index in [0.29, 0.717) is 12.8 Å². The van der Waals surface area contributed by atoms with E-state index in [1.165, 1.54) is 26.4 Å². The van der Waals surface area contributed by atoms with Crippen molar-refractivity contribution in [3.63, 3.8) is 0 Å². The summed E-state index contributed by atoms with van der Waals surface area (Å²) >= 11 is 0. The lowest BCUT2D eigenvalue weighted by Gasteiger charge is -2.17. The van der Waals surface area contributed by atoms with Gasteiger partial charge in [-0.15, -0.1) is 0 Å². The first-order chi connectivity index (χ1) is 13.2. The van der Waals surface area contributed by atoms with E-state index in [1.54, 1.807) is 19.1 Å². The van der Waals surface area contributed by atoms with Crippen LogP contribution in [0.2, 0.25) is 0 Å². The zero-order valence-electron chi connectivity index (χ0n) is 17.5. The predicted molar refractivity (Wildman–Crippen MR) is 101 cm³/mol. The lowest BCUT2D eigenvalue weighted by Crippen LogP contribution is -2.21. The average molecular weight is 400 g/mol. The smallest absolute Gasteiger partial charge is 0.330 e. The predicted octanol–water partition coefficient (Wildman–Crippen LogP) is 2.51. The van der Waals surface area contributed by atoms with Crippen molar-refractivity contribution >= 4 is 11.9 Å². The minimum Gasteiger partial charge on any atom is -0.466 e. The fraction of sp³-hybridized carbons (Fsp3) is 0.700. The molecule has 8 nitrogen and oxygen atoms in total. The van der Waals surface area contributed by atoms with Gasteiger partial charge in [0.2, 0.25) is 0 Å². The summed E-state index contributed by atoms with van der Waals surface area (Å²) in [7, 11) is 2.82. The van der Waals surface area contributed by atoms with Gasteiger partial charge in [0.15, 0.2) is 5.79 Å². The van der Waals surface area contributed by atoms with Gasteiger partial charge in [0.05, 0.1) is 25.4 Å². The van der Waals surface area contributed by atoms with Crippen molar-refractivity contribution in [2.75, 3.05) is 21.0 Å². The molecule has 1 saturated heterocycles. The third kappa shape index (κ3) is 9.45. The van der Waals surface area contributed by atoms with E-state index in [0.717, 1.165) is 0 Å². The SMILES string of the molecule is COCO[C@@H](/C=C/C(=O)OC)CC[C@@H](C)OC(=O)/C=C/[C@H]1OC(C)(C)O[C@@H]1C. The highest BCUT2D eigenvalue weighted by Crippen LogP contribution is 2.28. The fourth-order valence-corrected chi connectivity index (χ4v) is 2.68. The molecule has 1 heterocycles. The molecule has 0 spiro atoms. The standard InChI is InChI=1S/C20H32O8/c1-14(7-8-16(25-13-23-5)9-11-18(21)24-6)26-19(22)12-10-17-15(2)27-20(3,4)28-17/h9-12,14-17H,7-8,13H2,1-6H3/b11-9+,12-10+/t14-,15-,16-,17-/m1/s1. The number of hydrogen-bond donors (Lipinski definition) is 0. The number of rotatable bonds is 11. The molecule has 0 bridgehead atoms. The summed E-state index contributed by atoms with van der Waals surface area (Å²) in [4.78, 5) is 23.2. The molecule has 8 heteroatoms. The maximum Gasteiger partial charge on any atom is 0.330 e. The Hall–Kier alpha value is -1.74. The Labute approximate surface area is 166 Å². The van der Waals surface area contributed by atoms with Crippen molar-refractivity contribution in [3.8, 4) is 0 Å². The van der Waals surface area contributed by atoms with Crippen molar-refractivity contribution in [2.24, 2.45) is 0 Å². The minimum atomic E-state index is -0.666. The van der Waals surface area contributed by atoms with Gasteiger partial charge in [-0.05, 0) is 52.7 Å². The van der Waals surface area contributed by atoms with E-state index in [2.05, 4.69) is 4.74 Å². The molecule has 0 aliphatic carbocycles. The topological polar surface area (TPSA) is 89.5 Å². The van der Waals surface area contributed by atoms with Gasteiger partial charge in [-0.3, -0.25) is 0 Å². The van der Waals surface area contributed by atoms with Gasteiger partial charge in [-0.1, -0.05) is 0 Å². The van der Waals surface area contributed by atoms with Crippen LogP contribution in [0.4, 0.5) is 0 Å². The highest BCUT2D eigenvalue weighted by atomic mass is 16.7. The summed E-state index contributed by atoms with van der Waals surface area (Å²) in [5.74, 6) is -1.58. The zero-order valence-corrected chi connectivity index (χ0v) is 17.5. The minimum absolute atomic E-state index is 0.0884. The van der Waals surface area contributed by atoms with E-state index in [4.69, 9.17) is 23.7 Å². The van der Waals surface area contributed by atoms with Gasteiger partial charge in [0.25, 0.3) is 0 Å². The number of methoxy groups -OCH3 is 2. The molecule has 4 atom stereocenters. The number of ether oxygens (including phenoxy) is 6. The first kappa shape index (κ1) is 24.3. The van der Waals surface area contributed by atoms with Gasteiger partial charge in [0, 0.05) is 19.3 Å². The quantitative estimate of drug-likeness (QED) is 0.297. The molecule has 0 aromatic rings. The molecule has 0 aromatic heterocycles. The summed E-state index contributed by atoms with van der Waals surface area (Å²) in [6.07, 6.45) is 5.87. The second kappa shape index (κ2) is 12.0. The lowest BCUT2D eigenvalue weighted by molar-refractivity contribution is -0.144. The molecular formula is C20H32O8. The van der Waals surface area contributed by atoms with E-state index < -0.39 is 17.7 Å². The van der Waals surface area contributed by atoms with Crippen LogP contribution in [0.5, 0.6) is 0 Å². The third-order valence-corrected chi connectivity index (χ3v) is 4.00. The lowest BCUT2D eigenvalue weighted by atomic mass is 10.1. The monoisotopic (exact) mass is 400 g/mol. The van der Waals surface area contributed by atoms with Crippen molar-refractivity contribution < 1.29 is 38.0 Å².